The number of thiophene rings is 1. The maximum atomic E-state index is 5.95. The zero-order chi connectivity index (χ0) is 13.0. The smallest absolute Gasteiger partial charge is 0.0682 e. The van der Waals surface area contributed by atoms with Gasteiger partial charge in [0, 0.05) is 14.4 Å². The lowest BCUT2D eigenvalue weighted by Crippen LogP contribution is -2.22. The van der Waals surface area contributed by atoms with Crippen LogP contribution in [-0.4, -0.2) is 6.54 Å². The third-order valence-electron chi connectivity index (χ3n) is 2.71. The molecule has 0 aliphatic heterocycles. The highest BCUT2D eigenvalue weighted by molar-refractivity contribution is 9.10. The Kier molecular flexibility index (Phi) is 5.25. The molecule has 0 fully saturated rings. The van der Waals surface area contributed by atoms with Gasteiger partial charge in [-0.15, -0.1) is 11.3 Å². The maximum Gasteiger partial charge on any atom is 0.0682 e. The highest BCUT2D eigenvalue weighted by atomic mass is 79.9. The molecule has 96 valence electrons. The molecule has 1 atom stereocenters. The van der Waals surface area contributed by atoms with E-state index in [9.17, 15) is 0 Å². The predicted octanol–water partition coefficient (Wildman–Crippen LogP) is 5.25. The van der Waals surface area contributed by atoms with Gasteiger partial charge >= 0.3 is 0 Å². The summed E-state index contributed by atoms with van der Waals surface area (Å²) < 4.78 is 1.16. The highest BCUT2D eigenvalue weighted by Crippen LogP contribution is 2.33. The monoisotopic (exact) mass is 343 g/mol. The van der Waals surface area contributed by atoms with Crippen molar-refractivity contribution in [3.8, 4) is 0 Å². The van der Waals surface area contributed by atoms with Crippen LogP contribution in [0.3, 0.4) is 0 Å². The summed E-state index contributed by atoms with van der Waals surface area (Å²) in [4.78, 5) is 1.31. The van der Waals surface area contributed by atoms with Crippen LogP contribution in [0.5, 0.6) is 0 Å². The van der Waals surface area contributed by atoms with E-state index in [1.54, 1.807) is 11.3 Å². The quantitative estimate of drug-likeness (QED) is 0.781. The van der Waals surface area contributed by atoms with Crippen LogP contribution >= 0.6 is 38.9 Å². The average Bonchev–Trinajstić information content (AvgIpc) is 2.78. The summed E-state index contributed by atoms with van der Waals surface area (Å²) in [5.41, 5.74) is 1.25. The van der Waals surface area contributed by atoms with E-state index in [4.69, 9.17) is 11.6 Å². The Labute approximate surface area is 125 Å². The molecule has 0 amide bonds. The van der Waals surface area contributed by atoms with Crippen molar-refractivity contribution in [2.45, 2.75) is 19.4 Å². The Hall–Kier alpha value is -0.350. The van der Waals surface area contributed by atoms with Gasteiger partial charge in [0.2, 0.25) is 0 Å². The molecule has 0 radical (unpaired) electrons. The molecule has 0 saturated heterocycles. The first-order valence-corrected chi connectivity index (χ1v) is 7.99. The van der Waals surface area contributed by atoms with Gasteiger partial charge in [-0.05, 0) is 58.0 Å². The van der Waals surface area contributed by atoms with E-state index >= 15 is 0 Å². The van der Waals surface area contributed by atoms with Crippen molar-refractivity contribution in [1.82, 2.24) is 5.32 Å². The SMILES string of the molecule is CCCNC(c1ccc(Cl)cc1)c1sccc1Br. The van der Waals surface area contributed by atoms with E-state index in [0.29, 0.717) is 0 Å². The highest BCUT2D eigenvalue weighted by Gasteiger charge is 2.17. The van der Waals surface area contributed by atoms with E-state index in [1.807, 2.05) is 12.1 Å². The molecule has 1 N–H and O–H groups in total. The van der Waals surface area contributed by atoms with Crippen molar-refractivity contribution >= 4 is 38.9 Å². The molecule has 1 unspecified atom stereocenters. The van der Waals surface area contributed by atoms with E-state index in [-0.39, 0.29) is 6.04 Å². The standard InChI is InChI=1S/C14H15BrClNS/c1-2-8-17-13(14-12(15)7-9-18-14)10-3-5-11(16)6-4-10/h3-7,9,13,17H,2,8H2,1H3. The second-order valence-corrected chi connectivity index (χ2v) is 6.31. The van der Waals surface area contributed by atoms with Crippen LogP contribution in [0.15, 0.2) is 40.2 Å². The molecule has 1 aromatic carbocycles. The minimum absolute atomic E-state index is 0.233. The second-order valence-electron chi connectivity index (χ2n) is 4.07. The number of nitrogens with one attached hydrogen (secondary N) is 1. The average molecular weight is 345 g/mol. The first-order valence-electron chi connectivity index (χ1n) is 5.94. The molecule has 0 aliphatic carbocycles. The van der Waals surface area contributed by atoms with Crippen molar-refractivity contribution in [3.05, 3.63) is 55.6 Å². The van der Waals surface area contributed by atoms with E-state index < -0.39 is 0 Å². The zero-order valence-electron chi connectivity index (χ0n) is 10.1. The molecular weight excluding hydrogens is 330 g/mol. The number of hydrogen-bond donors (Lipinski definition) is 1. The van der Waals surface area contributed by atoms with Crippen LogP contribution in [0.4, 0.5) is 0 Å². The van der Waals surface area contributed by atoms with Crippen LogP contribution in [-0.2, 0) is 0 Å². The third kappa shape index (κ3) is 3.35. The van der Waals surface area contributed by atoms with Crippen molar-refractivity contribution in [2.24, 2.45) is 0 Å². The minimum atomic E-state index is 0.233. The lowest BCUT2D eigenvalue weighted by atomic mass is 10.1. The summed E-state index contributed by atoms with van der Waals surface area (Å²) in [7, 11) is 0. The maximum absolute atomic E-state index is 5.95. The first-order chi connectivity index (χ1) is 8.72. The molecule has 1 nitrogen and oxygen atoms in total. The molecule has 0 saturated carbocycles. The number of benzene rings is 1. The summed E-state index contributed by atoms with van der Waals surface area (Å²) >= 11 is 11.3. The normalized spacial score (nSPS) is 12.6. The molecule has 0 aliphatic rings. The molecule has 2 rings (SSSR count). The summed E-state index contributed by atoms with van der Waals surface area (Å²) in [6.07, 6.45) is 1.12. The Morgan fingerprint density at radius 2 is 2.00 bits per heavy atom. The summed E-state index contributed by atoms with van der Waals surface area (Å²) in [5, 5.41) is 6.47. The second kappa shape index (κ2) is 6.71. The number of hydrogen-bond acceptors (Lipinski definition) is 2. The molecular formula is C14H15BrClNS. The van der Waals surface area contributed by atoms with Crippen molar-refractivity contribution in [1.29, 1.82) is 0 Å². The van der Waals surface area contributed by atoms with Crippen LogP contribution in [0, 0.1) is 0 Å². The van der Waals surface area contributed by atoms with E-state index in [2.05, 4.69) is 51.7 Å². The molecule has 1 aromatic heterocycles. The molecule has 0 bridgehead atoms. The van der Waals surface area contributed by atoms with Gasteiger partial charge in [0.05, 0.1) is 6.04 Å². The Morgan fingerprint density at radius 1 is 1.28 bits per heavy atom. The van der Waals surface area contributed by atoms with Crippen LogP contribution in [0.25, 0.3) is 0 Å². The van der Waals surface area contributed by atoms with Gasteiger partial charge in [-0.25, -0.2) is 0 Å². The summed E-state index contributed by atoms with van der Waals surface area (Å²) in [6, 6.07) is 10.4. The Balaban J connectivity index is 2.30. The zero-order valence-corrected chi connectivity index (χ0v) is 13.3. The first kappa shape index (κ1) is 14.1. The van der Waals surface area contributed by atoms with Crippen molar-refractivity contribution < 1.29 is 0 Å². The van der Waals surface area contributed by atoms with Crippen LogP contribution in [0.2, 0.25) is 5.02 Å². The van der Waals surface area contributed by atoms with Crippen molar-refractivity contribution in [2.75, 3.05) is 6.54 Å². The van der Waals surface area contributed by atoms with Crippen molar-refractivity contribution in [3.63, 3.8) is 0 Å². The summed E-state index contributed by atoms with van der Waals surface area (Å²) in [5.74, 6) is 0. The van der Waals surface area contributed by atoms with Gasteiger partial charge in [0.15, 0.2) is 0 Å². The van der Waals surface area contributed by atoms with Gasteiger partial charge in [0.1, 0.15) is 0 Å². The largest absolute Gasteiger partial charge is 0.306 e. The van der Waals surface area contributed by atoms with Crippen LogP contribution < -0.4 is 5.32 Å². The summed E-state index contributed by atoms with van der Waals surface area (Å²) in [6.45, 7) is 3.17. The van der Waals surface area contributed by atoms with Gasteiger partial charge in [0.25, 0.3) is 0 Å². The van der Waals surface area contributed by atoms with Gasteiger partial charge in [-0.3, -0.25) is 0 Å². The van der Waals surface area contributed by atoms with Gasteiger partial charge in [-0.2, -0.15) is 0 Å². The fourth-order valence-corrected chi connectivity index (χ4v) is 3.65. The third-order valence-corrected chi connectivity index (χ3v) is 4.90. The topological polar surface area (TPSA) is 12.0 Å². The molecule has 18 heavy (non-hydrogen) atoms. The lowest BCUT2D eigenvalue weighted by Gasteiger charge is -2.18. The molecule has 1 heterocycles. The lowest BCUT2D eigenvalue weighted by molar-refractivity contribution is 0.604. The predicted molar refractivity (Wildman–Crippen MR) is 83.6 cm³/mol. The fourth-order valence-electron chi connectivity index (χ4n) is 1.82. The van der Waals surface area contributed by atoms with Gasteiger partial charge < -0.3 is 5.32 Å². The van der Waals surface area contributed by atoms with E-state index in [1.165, 1.54) is 10.4 Å². The van der Waals surface area contributed by atoms with E-state index in [0.717, 1.165) is 22.5 Å². The number of halogens is 2. The molecule has 2 aromatic rings. The van der Waals surface area contributed by atoms with Gasteiger partial charge in [-0.1, -0.05) is 30.7 Å². The molecule has 0 spiro atoms. The van der Waals surface area contributed by atoms with Crippen LogP contribution in [0.1, 0.15) is 29.8 Å². The Bertz CT molecular complexity index is 495. The minimum Gasteiger partial charge on any atom is -0.306 e. The molecule has 4 heteroatoms. The number of rotatable bonds is 5. The Morgan fingerprint density at radius 3 is 2.56 bits per heavy atom. The fraction of sp³-hybridized carbons (Fsp3) is 0.286.